The molecule has 0 radical (unpaired) electrons. The van der Waals surface area contributed by atoms with Crippen LogP contribution in [0.3, 0.4) is 0 Å². The van der Waals surface area contributed by atoms with Crippen LogP contribution < -0.4 is 10.5 Å². The second-order valence-electron chi connectivity index (χ2n) is 4.79. The predicted octanol–water partition coefficient (Wildman–Crippen LogP) is 3.75. The molecule has 1 unspecified atom stereocenters. The summed E-state index contributed by atoms with van der Waals surface area (Å²) in [5, 5.41) is 0. The zero-order valence-electron chi connectivity index (χ0n) is 11.8. The maximum atomic E-state index is 6.43. The van der Waals surface area contributed by atoms with Crippen LogP contribution in [0.4, 0.5) is 0 Å². The first-order valence-electron chi connectivity index (χ1n) is 6.68. The van der Waals surface area contributed by atoms with E-state index >= 15 is 0 Å². The Bertz CT molecular complexity index is 543. The Morgan fingerprint density at radius 3 is 2.32 bits per heavy atom. The maximum absolute atomic E-state index is 6.43. The van der Waals surface area contributed by atoms with Crippen LogP contribution >= 0.6 is 0 Å². The first-order chi connectivity index (χ1) is 9.13. The van der Waals surface area contributed by atoms with Crippen molar-refractivity contribution in [3.05, 3.63) is 64.7 Å². The average Bonchev–Trinajstić information content (AvgIpc) is 2.39. The van der Waals surface area contributed by atoms with E-state index in [9.17, 15) is 0 Å². The molecule has 1 atom stereocenters. The largest absolute Gasteiger partial charge is 0.494 e. The van der Waals surface area contributed by atoms with E-state index in [0.717, 1.165) is 11.3 Å². The average molecular weight is 255 g/mol. The third-order valence-electron chi connectivity index (χ3n) is 3.38. The Balaban J connectivity index is 2.38. The molecule has 2 N–H and O–H groups in total. The Labute approximate surface area is 115 Å². The van der Waals surface area contributed by atoms with Gasteiger partial charge in [-0.25, -0.2) is 0 Å². The molecule has 2 aromatic rings. The van der Waals surface area contributed by atoms with Gasteiger partial charge in [-0.1, -0.05) is 30.3 Å². The third kappa shape index (κ3) is 2.96. The van der Waals surface area contributed by atoms with E-state index in [-0.39, 0.29) is 6.04 Å². The molecule has 2 nitrogen and oxygen atoms in total. The van der Waals surface area contributed by atoms with Gasteiger partial charge < -0.3 is 10.5 Å². The van der Waals surface area contributed by atoms with Crippen LogP contribution in [0.15, 0.2) is 42.5 Å². The van der Waals surface area contributed by atoms with Crippen molar-refractivity contribution in [2.24, 2.45) is 5.73 Å². The van der Waals surface area contributed by atoms with Gasteiger partial charge in [0, 0.05) is 0 Å². The highest BCUT2D eigenvalue weighted by atomic mass is 16.5. The minimum Gasteiger partial charge on any atom is -0.494 e. The molecule has 0 fully saturated rings. The summed E-state index contributed by atoms with van der Waals surface area (Å²) in [6, 6.07) is 14.2. The van der Waals surface area contributed by atoms with Gasteiger partial charge in [-0.05, 0) is 55.2 Å². The molecule has 0 aliphatic rings. The van der Waals surface area contributed by atoms with Gasteiger partial charge in [-0.3, -0.25) is 0 Å². The normalized spacial score (nSPS) is 12.2. The van der Waals surface area contributed by atoms with Crippen molar-refractivity contribution < 1.29 is 4.74 Å². The molecule has 0 heterocycles. The van der Waals surface area contributed by atoms with Crippen LogP contribution in [0.1, 0.15) is 35.2 Å². The highest BCUT2D eigenvalue weighted by molar-refractivity contribution is 5.43. The van der Waals surface area contributed by atoms with Crippen molar-refractivity contribution in [2.75, 3.05) is 6.61 Å². The number of aryl methyl sites for hydroxylation is 2. The number of ether oxygens (including phenoxy) is 1. The molecule has 0 saturated carbocycles. The summed E-state index contributed by atoms with van der Waals surface area (Å²) in [6.45, 7) is 6.86. The Kier molecular flexibility index (Phi) is 4.23. The van der Waals surface area contributed by atoms with Crippen molar-refractivity contribution in [2.45, 2.75) is 26.8 Å². The lowest BCUT2D eigenvalue weighted by Gasteiger charge is -2.18. The summed E-state index contributed by atoms with van der Waals surface area (Å²) in [5.41, 5.74) is 11.2. The highest BCUT2D eigenvalue weighted by Crippen LogP contribution is 2.27. The Morgan fingerprint density at radius 1 is 1.05 bits per heavy atom. The van der Waals surface area contributed by atoms with Crippen molar-refractivity contribution in [3.63, 3.8) is 0 Å². The molecule has 0 saturated heterocycles. The lowest BCUT2D eigenvalue weighted by Crippen LogP contribution is -2.14. The monoisotopic (exact) mass is 255 g/mol. The summed E-state index contributed by atoms with van der Waals surface area (Å²) < 4.78 is 5.54. The third-order valence-corrected chi connectivity index (χ3v) is 3.38. The van der Waals surface area contributed by atoms with E-state index in [2.05, 4.69) is 38.1 Å². The van der Waals surface area contributed by atoms with Crippen LogP contribution in [0.25, 0.3) is 0 Å². The molecular weight excluding hydrogens is 234 g/mol. The molecule has 19 heavy (non-hydrogen) atoms. The number of hydrogen-bond donors (Lipinski definition) is 1. The lowest BCUT2D eigenvalue weighted by molar-refractivity contribution is 0.340. The summed E-state index contributed by atoms with van der Waals surface area (Å²) in [5.74, 6) is 0.877. The van der Waals surface area contributed by atoms with Gasteiger partial charge in [0.15, 0.2) is 0 Å². The summed E-state index contributed by atoms with van der Waals surface area (Å²) in [4.78, 5) is 0. The minimum absolute atomic E-state index is 0.110. The van der Waals surface area contributed by atoms with Crippen LogP contribution in [0.2, 0.25) is 0 Å². The molecule has 0 aliphatic heterocycles. The van der Waals surface area contributed by atoms with Crippen molar-refractivity contribution in [1.82, 2.24) is 0 Å². The fourth-order valence-corrected chi connectivity index (χ4v) is 2.45. The van der Waals surface area contributed by atoms with Crippen molar-refractivity contribution in [1.29, 1.82) is 0 Å². The van der Waals surface area contributed by atoms with Crippen molar-refractivity contribution >= 4 is 0 Å². The van der Waals surface area contributed by atoms with Crippen LogP contribution in [0, 0.1) is 13.8 Å². The smallest absolute Gasteiger partial charge is 0.119 e. The van der Waals surface area contributed by atoms with Crippen LogP contribution in [-0.4, -0.2) is 6.61 Å². The molecule has 100 valence electrons. The van der Waals surface area contributed by atoms with E-state index < -0.39 is 0 Å². The maximum Gasteiger partial charge on any atom is 0.119 e. The van der Waals surface area contributed by atoms with Gasteiger partial charge >= 0.3 is 0 Å². The minimum atomic E-state index is -0.110. The Hall–Kier alpha value is -1.80. The molecule has 2 aromatic carbocycles. The highest BCUT2D eigenvalue weighted by Gasteiger charge is 2.14. The van der Waals surface area contributed by atoms with Gasteiger partial charge in [0.2, 0.25) is 0 Å². The molecule has 0 bridgehead atoms. The van der Waals surface area contributed by atoms with E-state index in [1.165, 1.54) is 16.7 Å². The number of benzene rings is 2. The molecule has 0 amide bonds. The van der Waals surface area contributed by atoms with E-state index in [4.69, 9.17) is 10.5 Å². The first-order valence-corrected chi connectivity index (χ1v) is 6.68. The molecule has 0 aromatic heterocycles. The first kappa shape index (κ1) is 13.6. The Morgan fingerprint density at radius 2 is 1.68 bits per heavy atom. The van der Waals surface area contributed by atoms with E-state index in [1.807, 2.05) is 25.1 Å². The topological polar surface area (TPSA) is 35.2 Å². The fourth-order valence-electron chi connectivity index (χ4n) is 2.45. The SMILES string of the molecule is CCOc1cccc(C(N)c2c(C)cccc2C)c1. The number of rotatable bonds is 4. The zero-order valence-corrected chi connectivity index (χ0v) is 11.8. The van der Waals surface area contributed by atoms with E-state index in [0.29, 0.717) is 6.61 Å². The van der Waals surface area contributed by atoms with Gasteiger partial charge in [-0.15, -0.1) is 0 Å². The fraction of sp³-hybridized carbons (Fsp3) is 0.294. The number of hydrogen-bond acceptors (Lipinski definition) is 2. The standard InChI is InChI=1S/C17H21NO/c1-4-19-15-10-6-9-14(11-15)17(18)16-12(2)7-5-8-13(16)3/h5-11,17H,4,18H2,1-3H3. The van der Waals surface area contributed by atoms with Gasteiger partial charge in [0.05, 0.1) is 12.6 Å². The van der Waals surface area contributed by atoms with Crippen LogP contribution in [-0.2, 0) is 0 Å². The predicted molar refractivity (Wildman–Crippen MR) is 79.6 cm³/mol. The zero-order chi connectivity index (χ0) is 13.8. The van der Waals surface area contributed by atoms with Crippen molar-refractivity contribution in [3.8, 4) is 5.75 Å². The second-order valence-corrected chi connectivity index (χ2v) is 4.79. The molecule has 2 heteroatoms. The molecule has 2 rings (SSSR count). The summed E-state index contributed by atoms with van der Waals surface area (Å²) in [7, 11) is 0. The quantitative estimate of drug-likeness (QED) is 0.903. The second kappa shape index (κ2) is 5.89. The summed E-state index contributed by atoms with van der Waals surface area (Å²) >= 11 is 0. The van der Waals surface area contributed by atoms with E-state index in [1.54, 1.807) is 0 Å². The van der Waals surface area contributed by atoms with Crippen LogP contribution in [0.5, 0.6) is 5.75 Å². The molecular formula is C17H21NO. The van der Waals surface area contributed by atoms with Gasteiger partial charge in [0.1, 0.15) is 5.75 Å². The molecule has 0 spiro atoms. The molecule has 0 aliphatic carbocycles. The van der Waals surface area contributed by atoms with Gasteiger partial charge in [0.25, 0.3) is 0 Å². The number of nitrogens with two attached hydrogens (primary N) is 1. The lowest BCUT2D eigenvalue weighted by atomic mass is 9.92. The summed E-state index contributed by atoms with van der Waals surface area (Å²) in [6.07, 6.45) is 0. The van der Waals surface area contributed by atoms with Gasteiger partial charge in [-0.2, -0.15) is 0 Å².